The van der Waals surface area contributed by atoms with E-state index in [1.807, 2.05) is 4.13 Å². The maximum absolute atomic E-state index is 10.7. The van der Waals surface area contributed by atoms with E-state index in [1.54, 1.807) is 0 Å². The van der Waals surface area contributed by atoms with Crippen LogP contribution in [0.4, 0.5) is 0 Å². The zero-order valence-corrected chi connectivity index (χ0v) is 7.17. The molecule has 0 saturated heterocycles. The quantitative estimate of drug-likeness (QED) is 0.618. The predicted octanol–water partition coefficient (Wildman–Crippen LogP) is -0.355. The van der Waals surface area contributed by atoms with Crippen molar-refractivity contribution in [3.8, 4) is 0 Å². The lowest BCUT2D eigenvalue weighted by molar-refractivity contribution is 0.578. The van der Waals surface area contributed by atoms with Crippen LogP contribution >= 0.6 is 10.5 Å². The molecular formula is C3H10NO3S2-. The summed E-state index contributed by atoms with van der Waals surface area (Å²) >= 11 is 0. The Balaban J connectivity index is 4.07. The van der Waals surface area contributed by atoms with Gasteiger partial charge < -0.3 is 4.55 Å². The molecule has 0 aromatic heterocycles. The first kappa shape index (κ1) is 9.22. The monoisotopic (exact) mass is 172 g/mol. The normalized spacial score (nSPS) is 15.6. The highest BCUT2D eigenvalue weighted by Gasteiger charge is 2.03. The maximum Gasteiger partial charge on any atom is 0.215 e. The zero-order valence-electron chi connectivity index (χ0n) is 5.54. The van der Waals surface area contributed by atoms with Crippen molar-refractivity contribution in [3.63, 3.8) is 0 Å². The average Bonchev–Trinajstić information content (AvgIpc) is 1.14. The molecule has 0 aromatic rings. The van der Waals surface area contributed by atoms with Gasteiger partial charge in [0.1, 0.15) is 0 Å². The highest BCUT2D eigenvalue weighted by Crippen LogP contribution is 2.28. The van der Waals surface area contributed by atoms with Crippen molar-refractivity contribution in [1.82, 2.24) is 4.13 Å². The molecule has 4 nitrogen and oxygen atoms in total. The Kier molecular flexibility index (Phi) is 2.51. The fourth-order valence-corrected chi connectivity index (χ4v) is 3.28. The minimum absolute atomic E-state index is 0.972. The summed E-state index contributed by atoms with van der Waals surface area (Å²) in [6.45, 7) is 0. The molecule has 0 atom stereocenters. The van der Waals surface area contributed by atoms with Crippen molar-refractivity contribution in [3.05, 3.63) is 0 Å². The van der Waals surface area contributed by atoms with Crippen LogP contribution in [-0.4, -0.2) is 31.7 Å². The van der Waals surface area contributed by atoms with Gasteiger partial charge in [0, 0.05) is 0 Å². The topological polar surface area (TPSA) is 69.2 Å². The number of nitrogens with one attached hydrogen (secondary N) is 1. The Labute approximate surface area is 57.0 Å². The van der Waals surface area contributed by atoms with E-state index in [2.05, 4.69) is 0 Å². The molecular weight excluding hydrogens is 162 g/mol. The van der Waals surface area contributed by atoms with Gasteiger partial charge in [-0.1, -0.05) is 0 Å². The van der Waals surface area contributed by atoms with E-state index >= 15 is 0 Å². The van der Waals surface area contributed by atoms with Gasteiger partial charge in [-0.3, -0.25) is 10.5 Å². The largest absolute Gasteiger partial charge is 0.801 e. The fourth-order valence-electron chi connectivity index (χ4n) is 0.365. The first-order valence-corrected chi connectivity index (χ1v) is 6.40. The molecule has 0 fully saturated rings. The standard InChI is InChI=1S/C3H11NO3S2/c1-8(2,5)4-9(3,6)7/h4-5H,1-3H3/p-1. The zero-order chi connectivity index (χ0) is 7.71. The van der Waals surface area contributed by atoms with E-state index in [4.69, 9.17) is 0 Å². The number of hydrogen-bond donors (Lipinski definition) is 1. The van der Waals surface area contributed by atoms with Gasteiger partial charge in [-0.05, 0) is 12.5 Å². The molecule has 0 rings (SSSR count). The van der Waals surface area contributed by atoms with E-state index < -0.39 is 20.5 Å². The molecule has 0 bridgehead atoms. The van der Waals surface area contributed by atoms with Crippen LogP contribution in [0.15, 0.2) is 0 Å². The predicted molar refractivity (Wildman–Crippen MR) is 38.2 cm³/mol. The number of rotatable bonds is 2. The third-order valence-corrected chi connectivity index (χ3v) is 3.17. The summed E-state index contributed by atoms with van der Waals surface area (Å²) in [4.78, 5) is 0. The molecule has 0 saturated carbocycles. The summed E-state index contributed by atoms with van der Waals surface area (Å²) in [7, 11) is -5.68. The molecule has 0 heterocycles. The van der Waals surface area contributed by atoms with Crippen molar-refractivity contribution < 1.29 is 13.0 Å². The second-order valence-electron chi connectivity index (χ2n) is 2.09. The van der Waals surface area contributed by atoms with E-state index in [0.717, 1.165) is 6.26 Å². The van der Waals surface area contributed by atoms with E-state index in [-0.39, 0.29) is 0 Å². The van der Waals surface area contributed by atoms with E-state index in [1.165, 1.54) is 12.5 Å². The summed E-state index contributed by atoms with van der Waals surface area (Å²) in [6.07, 6.45) is 3.63. The van der Waals surface area contributed by atoms with Gasteiger partial charge >= 0.3 is 0 Å². The second-order valence-corrected chi connectivity index (χ2v) is 6.77. The van der Waals surface area contributed by atoms with Crippen LogP contribution in [0.2, 0.25) is 0 Å². The molecule has 0 spiro atoms. The first-order valence-electron chi connectivity index (χ1n) is 2.13. The molecule has 9 heavy (non-hydrogen) atoms. The van der Waals surface area contributed by atoms with Gasteiger partial charge in [0.05, 0.1) is 6.26 Å². The van der Waals surface area contributed by atoms with Crippen molar-refractivity contribution >= 4 is 20.5 Å². The molecule has 0 aromatic carbocycles. The van der Waals surface area contributed by atoms with Crippen molar-refractivity contribution in [2.24, 2.45) is 0 Å². The second kappa shape index (κ2) is 2.45. The van der Waals surface area contributed by atoms with Crippen LogP contribution in [0.5, 0.6) is 0 Å². The molecule has 0 aliphatic heterocycles. The van der Waals surface area contributed by atoms with Crippen LogP contribution in [-0.2, 0) is 10.0 Å². The van der Waals surface area contributed by atoms with Crippen molar-refractivity contribution in [2.45, 2.75) is 0 Å². The summed E-state index contributed by atoms with van der Waals surface area (Å²) in [6, 6.07) is 0. The lowest BCUT2D eigenvalue weighted by atomic mass is 11.9. The SMILES string of the molecule is CS(C)([O-])NS(C)(=O)=O. The van der Waals surface area contributed by atoms with Crippen molar-refractivity contribution in [2.75, 3.05) is 18.8 Å². The van der Waals surface area contributed by atoms with Gasteiger partial charge in [-0.2, -0.15) is 4.13 Å². The molecule has 6 heteroatoms. The highest BCUT2D eigenvalue weighted by molar-refractivity contribution is 8.31. The third-order valence-electron chi connectivity index (χ3n) is 0.352. The summed E-state index contributed by atoms with van der Waals surface area (Å²) in [5.41, 5.74) is 0. The summed E-state index contributed by atoms with van der Waals surface area (Å²) in [5, 5.41) is 0. The lowest BCUT2D eigenvalue weighted by Crippen LogP contribution is -2.24. The summed E-state index contributed by atoms with van der Waals surface area (Å²) in [5.74, 6) is 0. The molecule has 0 radical (unpaired) electrons. The van der Waals surface area contributed by atoms with Gasteiger partial charge in [0.25, 0.3) is 0 Å². The third kappa shape index (κ3) is 8.22. The molecule has 0 aliphatic carbocycles. The fraction of sp³-hybridized carbons (Fsp3) is 1.00. The molecule has 1 N–H and O–H groups in total. The number of hydrogen-bond acceptors (Lipinski definition) is 3. The van der Waals surface area contributed by atoms with Crippen LogP contribution in [0.3, 0.4) is 0 Å². The molecule has 0 amide bonds. The van der Waals surface area contributed by atoms with E-state index in [9.17, 15) is 13.0 Å². The summed E-state index contributed by atoms with van der Waals surface area (Å²) < 4.78 is 33.4. The first-order chi connectivity index (χ1) is 3.71. The van der Waals surface area contributed by atoms with Gasteiger partial charge in [-0.15, -0.1) is 0 Å². The van der Waals surface area contributed by atoms with E-state index in [0.29, 0.717) is 0 Å². The molecule has 0 aliphatic rings. The molecule has 58 valence electrons. The van der Waals surface area contributed by atoms with Crippen LogP contribution in [0.1, 0.15) is 0 Å². The highest BCUT2D eigenvalue weighted by atomic mass is 32.3. The average molecular weight is 172 g/mol. The Bertz CT molecular complexity index is 178. The van der Waals surface area contributed by atoms with Crippen LogP contribution in [0.25, 0.3) is 0 Å². The Morgan fingerprint density at radius 3 is 1.56 bits per heavy atom. The smallest absolute Gasteiger partial charge is 0.215 e. The van der Waals surface area contributed by atoms with Gasteiger partial charge in [-0.25, -0.2) is 8.42 Å². The Hall–Kier alpha value is 0.220. The van der Waals surface area contributed by atoms with Crippen LogP contribution < -0.4 is 4.13 Å². The lowest BCUT2D eigenvalue weighted by Gasteiger charge is -2.37. The minimum Gasteiger partial charge on any atom is -0.801 e. The molecule has 0 unspecified atom stereocenters. The van der Waals surface area contributed by atoms with Gasteiger partial charge in [0.15, 0.2) is 0 Å². The Morgan fingerprint density at radius 2 is 1.56 bits per heavy atom. The van der Waals surface area contributed by atoms with Crippen molar-refractivity contribution in [1.29, 1.82) is 0 Å². The minimum atomic E-state index is -3.31. The van der Waals surface area contributed by atoms with Crippen LogP contribution in [0, 0.1) is 0 Å². The van der Waals surface area contributed by atoms with Gasteiger partial charge in [0.2, 0.25) is 10.0 Å². The Morgan fingerprint density at radius 1 is 1.22 bits per heavy atom. The maximum atomic E-state index is 10.7. The number of sulfonamides is 1.